The van der Waals surface area contributed by atoms with Crippen molar-refractivity contribution in [1.82, 2.24) is 0 Å². The van der Waals surface area contributed by atoms with Crippen LogP contribution in [0.4, 0.5) is 0 Å². The highest BCUT2D eigenvalue weighted by atomic mass is 31.2. The Morgan fingerprint density at radius 2 is 0.520 bits per heavy atom. The predicted octanol–water partition coefficient (Wildman–Crippen LogP) is 23.4. The maximum atomic E-state index is 13.1. The van der Waals surface area contributed by atoms with E-state index in [1.165, 1.54) is 218 Å². The van der Waals surface area contributed by atoms with Gasteiger partial charge in [-0.25, -0.2) is 9.13 Å². The van der Waals surface area contributed by atoms with Gasteiger partial charge in [0.05, 0.1) is 26.4 Å². The van der Waals surface area contributed by atoms with Crippen LogP contribution in [-0.2, 0) is 65.4 Å². The minimum Gasteiger partial charge on any atom is -0.462 e. The molecule has 0 spiro atoms. The summed E-state index contributed by atoms with van der Waals surface area (Å²) in [5.41, 5.74) is 0. The smallest absolute Gasteiger partial charge is 0.462 e. The Kier molecular flexibility index (Phi) is 68.1. The SMILES string of the molecule is CCCCCCCCCCCC(=O)OC[C@H](COP(=O)(O)OC[C@H](O)COP(=O)(O)OC[C@@H](COC(=O)CCCCCCCCCCCCCCCCC(C)C)OC(=O)CCCCCCCCCCCCCCCCCCCCC(C)CC)OC(=O)CCCCCCCCC(C)CC. The van der Waals surface area contributed by atoms with Crippen molar-refractivity contribution in [3.8, 4) is 0 Å². The fourth-order valence-corrected chi connectivity index (χ4v) is 13.6. The van der Waals surface area contributed by atoms with Gasteiger partial charge >= 0.3 is 39.5 Å². The third-order valence-corrected chi connectivity index (χ3v) is 21.0. The van der Waals surface area contributed by atoms with Crippen molar-refractivity contribution in [2.45, 2.75) is 426 Å². The lowest BCUT2D eigenvalue weighted by Crippen LogP contribution is -2.30. The molecule has 0 bridgehead atoms. The zero-order chi connectivity index (χ0) is 72.3. The second-order valence-corrected chi connectivity index (χ2v) is 32.3. The molecule has 0 radical (unpaired) electrons. The van der Waals surface area contributed by atoms with Crippen LogP contribution in [0.25, 0.3) is 0 Å². The Bertz CT molecular complexity index is 1910. The zero-order valence-electron chi connectivity index (χ0n) is 64.3. The molecule has 17 nitrogen and oxygen atoms in total. The Morgan fingerprint density at radius 1 is 0.296 bits per heavy atom. The van der Waals surface area contributed by atoms with Gasteiger partial charge in [0.2, 0.25) is 0 Å². The molecule has 0 fully saturated rings. The van der Waals surface area contributed by atoms with Gasteiger partial charge in [0.15, 0.2) is 12.2 Å². The molecule has 0 amide bonds. The summed E-state index contributed by atoms with van der Waals surface area (Å²) >= 11 is 0. The second-order valence-electron chi connectivity index (χ2n) is 29.4. The third kappa shape index (κ3) is 69.8. The number of unbranched alkanes of at least 4 members (excludes halogenated alkanes) is 43. The molecule has 0 aromatic heterocycles. The maximum absolute atomic E-state index is 13.1. The van der Waals surface area contributed by atoms with Crippen LogP contribution in [0, 0.1) is 17.8 Å². The Labute approximate surface area is 600 Å². The van der Waals surface area contributed by atoms with Crippen molar-refractivity contribution in [2.75, 3.05) is 39.6 Å². The number of rotatable bonds is 77. The van der Waals surface area contributed by atoms with Crippen molar-refractivity contribution in [1.29, 1.82) is 0 Å². The van der Waals surface area contributed by atoms with E-state index >= 15 is 0 Å². The lowest BCUT2D eigenvalue weighted by molar-refractivity contribution is -0.161. The predicted molar refractivity (Wildman–Crippen MR) is 400 cm³/mol. The van der Waals surface area contributed by atoms with E-state index in [-0.39, 0.29) is 25.7 Å². The first-order chi connectivity index (χ1) is 47.3. The molecule has 0 aromatic rings. The van der Waals surface area contributed by atoms with E-state index in [1.54, 1.807) is 0 Å². The van der Waals surface area contributed by atoms with Crippen molar-refractivity contribution < 1.29 is 80.2 Å². The van der Waals surface area contributed by atoms with E-state index in [9.17, 15) is 43.2 Å². The molecule has 0 saturated carbocycles. The van der Waals surface area contributed by atoms with Crippen LogP contribution in [0.15, 0.2) is 0 Å². The van der Waals surface area contributed by atoms with Crippen LogP contribution in [0.1, 0.15) is 408 Å². The fourth-order valence-electron chi connectivity index (χ4n) is 12.1. The number of hydrogen-bond donors (Lipinski definition) is 3. The molecular weight excluding hydrogens is 1280 g/mol. The first-order valence-corrected chi connectivity index (χ1v) is 43.9. The minimum atomic E-state index is -4.96. The van der Waals surface area contributed by atoms with Crippen molar-refractivity contribution >= 4 is 39.5 Å². The molecule has 0 aliphatic rings. The maximum Gasteiger partial charge on any atom is 0.472 e. The number of hydrogen-bond acceptors (Lipinski definition) is 15. The van der Waals surface area contributed by atoms with Gasteiger partial charge < -0.3 is 33.8 Å². The van der Waals surface area contributed by atoms with Gasteiger partial charge in [-0.2, -0.15) is 0 Å². The molecule has 4 unspecified atom stereocenters. The monoisotopic (exact) mass is 1440 g/mol. The van der Waals surface area contributed by atoms with Gasteiger partial charge in [-0.1, -0.05) is 357 Å². The highest BCUT2D eigenvalue weighted by Crippen LogP contribution is 2.45. The van der Waals surface area contributed by atoms with Crippen LogP contribution in [-0.4, -0.2) is 96.7 Å². The van der Waals surface area contributed by atoms with Crippen LogP contribution in [0.3, 0.4) is 0 Å². The van der Waals surface area contributed by atoms with Crippen molar-refractivity contribution in [2.24, 2.45) is 17.8 Å². The minimum absolute atomic E-state index is 0.103. The molecule has 98 heavy (non-hydrogen) atoms. The number of ether oxygens (including phenoxy) is 4. The fraction of sp³-hybridized carbons (Fsp3) is 0.949. The Hall–Kier alpha value is -1.94. The van der Waals surface area contributed by atoms with Crippen molar-refractivity contribution in [3.05, 3.63) is 0 Å². The largest absolute Gasteiger partial charge is 0.472 e. The quantitative estimate of drug-likeness (QED) is 0.0222. The van der Waals surface area contributed by atoms with Gasteiger partial charge in [0, 0.05) is 25.7 Å². The van der Waals surface area contributed by atoms with E-state index in [1.807, 2.05) is 0 Å². The molecule has 19 heteroatoms. The molecule has 0 aromatic carbocycles. The summed E-state index contributed by atoms with van der Waals surface area (Å²) in [5.74, 6) is 0.272. The molecule has 0 rings (SSSR count). The molecule has 0 aliphatic heterocycles. The average molecular weight is 1440 g/mol. The van der Waals surface area contributed by atoms with E-state index in [4.69, 9.17) is 37.0 Å². The third-order valence-electron chi connectivity index (χ3n) is 19.1. The average Bonchev–Trinajstić information content (AvgIpc) is 1.29. The molecule has 7 atom stereocenters. The summed E-state index contributed by atoms with van der Waals surface area (Å²) in [6.45, 7) is 11.9. The number of aliphatic hydroxyl groups excluding tert-OH is 1. The number of phosphoric acid groups is 2. The van der Waals surface area contributed by atoms with Crippen LogP contribution < -0.4 is 0 Å². The van der Waals surface area contributed by atoms with Crippen molar-refractivity contribution in [3.63, 3.8) is 0 Å². The number of aliphatic hydroxyl groups is 1. The number of phosphoric ester groups is 2. The van der Waals surface area contributed by atoms with Gasteiger partial charge in [-0.15, -0.1) is 0 Å². The van der Waals surface area contributed by atoms with E-state index < -0.39 is 97.5 Å². The lowest BCUT2D eigenvalue weighted by atomic mass is 9.99. The summed E-state index contributed by atoms with van der Waals surface area (Å²) in [4.78, 5) is 72.8. The van der Waals surface area contributed by atoms with Crippen LogP contribution >= 0.6 is 15.6 Å². The molecular formula is C79H154O17P2. The Balaban J connectivity index is 5.18. The standard InChI is InChI=1S/C79H154O17P2/c1-8-11-12-13-14-31-38-46-53-60-76(81)89-67-75(96-79(84)63-56-49-42-41-45-52-59-72(7)10-3)69-94-98(87,88)92-65-73(80)64-91-97(85,86)93-68-74(66-90-77(82)61-54-47-39-34-29-25-22-21-23-27-32-36-43-50-57-70(4)5)95-78(83)62-55-48-40-35-30-26-20-18-16-15-17-19-24-28-33-37-44-51-58-71(6)9-2/h70-75,80H,8-69H2,1-7H3,(H,85,86)(H,87,88)/t71?,72?,73-,74-,75-/m1/s1. The summed E-state index contributed by atoms with van der Waals surface area (Å²) < 4.78 is 68.5. The molecule has 3 N–H and O–H groups in total. The highest BCUT2D eigenvalue weighted by molar-refractivity contribution is 7.47. The molecule has 582 valence electrons. The van der Waals surface area contributed by atoms with Gasteiger partial charge in [0.1, 0.15) is 19.3 Å². The lowest BCUT2D eigenvalue weighted by Gasteiger charge is -2.21. The van der Waals surface area contributed by atoms with Crippen LogP contribution in [0.2, 0.25) is 0 Å². The summed E-state index contributed by atoms with van der Waals surface area (Å²) in [6.07, 6.45) is 57.0. The van der Waals surface area contributed by atoms with E-state index in [0.29, 0.717) is 25.7 Å². The summed E-state index contributed by atoms with van der Waals surface area (Å²) in [5, 5.41) is 10.6. The number of carbonyl (C=O) groups is 4. The van der Waals surface area contributed by atoms with E-state index in [0.717, 1.165) is 108 Å². The first kappa shape index (κ1) is 96.1. The summed E-state index contributed by atoms with van der Waals surface area (Å²) in [7, 11) is -9.91. The number of esters is 4. The van der Waals surface area contributed by atoms with E-state index in [2.05, 4.69) is 48.5 Å². The summed E-state index contributed by atoms with van der Waals surface area (Å²) in [6, 6.07) is 0. The Morgan fingerprint density at radius 3 is 0.776 bits per heavy atom. The molecule has 0 aliphatic carbocycles. The highest BCUT2D eigenvalue weighted by Gasteiger charge is 2.30. The van der Waals surface area contributed by atoms with Gasteiger partial charge in [-0.3, -0.25) is 37.3 Å². The van der Waals surface area contributed by atoms with Crippen LogP contribution in [0.5, 0.6) is 0 Å². The second kappa shape index (κ2) is 69.4. The first-order valence-electron chi connectivity index (χ1n) is 40.9. The number of carbonyl (C=O) groups excluding carboxylic acids is 4. The molecule has 0 heterocycles. The van der Waals surface area contributed by atoms with Gasteiger partial charge in [0.25, 0.3) is 0 Å². The zero-order valence-corrected chi connectivity index (χ0v) is 66.0. The topological polar surface area (TPSA) is 237 Å². The normalized spacial score (nSPS) is 14.6. The molecule has 0 saturated heterocycles. The van der Waals surface area contributed by atoms with Gasteiger partial charge in [-0.05, 0) is 43.4 Å².